The molecule has 1 atom stereocenters. The van der Waals surface area contributed by atoms with Gasteiger partial charge in [0.2, 0.25) is 0 Å². The summed E-state index contributed by atoms with van der Waals surface area (Å²) < 4.78 is 0. The molecule has 54 valence electrons. The highest BCUT2D eigenvalue weighted by atomic mass is 16.4. The van der Waals surface area contributed by atoms with E-state index in [-0.39, 0.29) is 5.92 Å². The molecule has 0 amide bonds. The second-order valence-electron chi connectivity index (χ2n) is 2.00. The number of carbonyl (C=O) groups is 1. The lowest BCUT2D eigenvalue weighted by molar-refractivity contribution is -0.141. The van der Waals surface area contributed by atoms with Crippen LogP contribution in [-0.4, -0.2) is 24.7 Å². The van der Waals surface area contributed by atoms with Gasteiger partial charge in [-0.3, -0.25) is 4.79 Å². The van der Waals surface area contributed by atoms with Crippen molar-refractivity contribution in [2.24, 2.45) is 5.92 Å². The highest BCUT2D eigenvalue weighted by Gasteiger charge is 2.12. The van der Waals surface area contributed by atoms with Gasteiger partial charge in [0, 0.05) is 6.54 Å². The Morgan fingerprint density at radius 2 is 2.33 bits per heavy atom. The summed E-state index contributed by atoms with van der Waals surface area (Å²) in [5, 5.41) is 11.3. The first-order valence-electron chi connectivity index (χ1n) is 3.09. The van der Waals surface area contributed by atoms with E-state index in [4.69, 9.17) is 5.11 Å². The minimum atomic E-state index is -0.716. The number of carboxylic acid groups (broad SMARTS) is 1. The van der Waals surface area contributed by atoms with Crippen LogP contribution in [0.3, 0.4) is 0 Å². The molecule has 1 unspecified atom stereocenters. The molecule has 0 heterocycles. The minimum Gasteiger partial charge on any atom is -0.481 e. The zero-order valence-electron chi connectivity index (χ0n) is 5.85. The molecule has 0 radical (unpaired) electrons. The standard InChI is InChI=1S/C6H13NO2/c1-3-5(4-7-2)6(8)9/h5,7H,3-4H2,1-2H3,(H,8,9). The predicted molar refractivity (Wildman–Crippen MR) is 35.3 cm³/mol. The van der Waals surface area contributed by atoms with Crippen LogP contribution in [0.4, 0.5) is 0 Å². The van der Waals surface area contributed by atoms with Crippen LogP contribution in [0.1, 0.15) is 13.3 Å². The van der Waals surface area contributed by atoms with Crippen LogP contribution in [0.15, 0.2) is 0 Å². The molecule has 3 heteroatoms. The van der Waals surface area contributed by atoms with Crippen LogP contribution in [0, 0.1) is 5.92 Å². The summed E-state index contributed by atoms with van der Waals surface area (Å²) in [6.45, 7) is 2.43. The van der Waals surface area contributed by atoms with E-state index in [1.165, 1.54) is 0 Å². The summed E-state index contributed by atoms with van der Waals surface area (Å²) in [6, 6.07) is 0. The average molecular weight is 131 g/mol. The molecule has 0 aliphatic heterocycles. The zero-order chi connectivity index (χ0) is 7.28. The van der Waals surface area contributed by atoms with Crippen molar-refractivity contribution >= 4 is 5.97 Å². The fraction of sp³-hybridized carbons (Fsp3) is 0.833. The van der Waals surface area contributed by atoms with Gasteiger partial charge in [0.25, 0.3) is 0 Å². The van der Waals surface area contributed by atoms with E-state index >= 15 is 0 Å². The van der Waals surface area contributed by atoms with Crippen molar-refractivity contribution in [1.82, 2.24) is 5.32 Å². The van der Waals surface area contributed by atoms with Gasteiger partial charge in [0.05, 0.1) is 5.92 Å². The van der Waals surface area contributed by atoms with Crippen molar-refractivity contribution in [3.05, 3.63) is 0 Å². The van der Waals surface area contributed by atoms with Crippen molar-refractivity contribution in [1.29, 1.82) is 0 Å². The van der Waals surface area contributed by atoms with Crippen molar-refractivity contribution < 1.29 is 9.90 Å². The number of hydrogen-bond donors (Lipinski definition) is 2. The fourth-order valence-corrected chi connectivity index (χ4v) is 0.653. The Morgan fingerprint density at radius 1 is 1.78 bits per heavy atom. The topological polar surface area (TPSA) is 49.3 Å². The maximum atomic E-state index is 10.3. The molecule has 0 bridgehead atoms. The van der Waals surface area contributed by atoms with Crippen LogP contribution < -0.4 is 5.32 Å². The molecule has 0 rings (SSSR count). The molecule has 0 aromatic carbocycles. The Balaban J connectivity index is 3.54. The molecule has 9 heavy (non-hydrogen) atoms. The Hall–Kier alpha value is -0.570. The predicted octanol–water partition coefficient (Wildman–Crippen LogP) is 0.317. The number of nitrogens with one attached hydrogen (secondary N) is 1. The molecule has 2 N–H and O–H groups in total. The third-order valence-corrected chi connectivity index (χ3v) is 1.29. The van der Waals surface area contributed by atoms with E-state index in [9.17, 15) is 4.79 Å². The third-order valence-electron chi connectivity index (χ3n) is 1.29. The van der Waals surface area contributed by atoms with Crippen LogP contribution in [0.25, 0.3) is 0 Å². The monoisotopic (exact) mass is 131 g/mol. The summed E-state index contributed by atoms with van der Waals surface area (Å²) in [5.74, 6) is -0.943. The van der Waals surface area contributed by atoms with Crippen molar-refractivity contribution in [3.63, 3.8) is 0 Å². The first kappa shape index (κ1) is 8.43. The fourth-order valence-electron chi connectivity index (χ4n) is 0.653. The summed E-state index contributed by atoms with van der Waals surface area (Å²) in [4.78, 5) is 10.3. The lowest BCUT2D eigenvalue weighted by Gasteiger charge is -2.06. The van der Waals surface area contributed by atoms with E-state index in [1.54, 1.807) is 7.05 Å². The summed E-state index contributed by atoms with van der Waals surface area (Å²) in [6.07, 6.45) is 0.691. The quantitative estimate of drug-likeness (QED) is 0.577. The van der Waals surface area contributed by atoms with Gasteiger partial charge in [0.1, 0.15) is 0 Å². The molecule has 0 aliphatic carbocycles. The number of rotatable bonds is 4. The lowest BCUT2D eigenvalue weighted by atomic mass is 10.1. The molecular weight excluding hydrogens is 118 g/mol. The maximum absolute atomic E-state index is 10.3. The van der Waals surface area contributed by atoms with Crippen LogP contribution in [0.5, 0.6) is 0 Å². The van der Waals surface area contributed by atoms with Gasteiger partial charge in [-0.2, -0.15) is 0 Å². The van der Waals surface area contributed by atoms with Gasteiger partial charge in [0.15, 0.2) is 0 Å². The zero-order valence-corrected chi connectivity index (χ0v) is 5.85. The number of aliphatic carboxylic acids is 1. The Bertz CT molecular complexity index is 93.1. The van der Waals surface area contributed by atoms with Gasteiger partial charge in [-0.15, -0.1) is 0 Å². The Kier molecular flexibility index (Phi) is 4.05. The minimum absolute atomic E-state index is 0.227. The van der Waals surface area contributed by atoms with Gasteiger partial charge < -0.3 is 10.4 Å². The third kappa shape index (κ3) is 3.08. The summed E-state index contributed by atoms with van der Waals surface area (Å²) in [7, 11) is 1.76. The Labute approximate surface area is 55.1 Å². The SMILES string of the molecule is CCC(CNC)C(=O)O. The van der Waals surface area contributed by atoms with Gasteiger partial charge >= 0.3 is 5.97 Å². The Morgan fingerprint density at radius 3 is 2.44 bits per heavy atom. The molecule has 0 spiro atoms. The van der Waals surface area contributed by atoms with Gasteiger partial charge in [-0.05, 0) is 13.5 Å². The first-order chi connectivity index (χ1) is 4.22. The van der Waals surface area contributed by atoms with Crippen molar-refractivity contribution in [3.8, 4) is 0 Å². The smallest absolute Gasteiger partial charge is 0.307 e. The highest BCUT2D eigenvalue weighted by Crippen LogP contribution is 1.98. The largest absolute Gasteiger partial charge is 0.481 e. The van der Waals surface area contributed by atoms with Gasteiger partial charge in [-0.25, -0.2) is 0 Å². The van der Waals surface area contributed by atoms with Crippen LogP contribution in [-0.2, 0) is 4.79 Å². The molecule has 0 saturated carbocycles. The highest BCUT2D eigenvalue weighted by molar-refractivity contribution is 5.70. The van der Waals surface area contributed by atoms with E-state index in [1.807, 2.05) is 6.92 Å². The summed E-state index contributed by atoms with van der Waals surface area (Å²) >= 11 is 0. The van der Waals surface area contributed by atoms with Crippen molar-refractivity contribution in [2.45, 2.75) is 13.3 Å². The molecule has 0 aliphatic rings. The van der Waals surface area contributed by atoms with Gasteiger partial charge in [-0.1, -0.05) is 6.92 Å². The lowest BCUT2D eigenvalue weighted by Crippen LogP contribution is -2.25. The molecule has 0 saturated heterocycles. The van der Waals surface area contributed by atoms with Crippen molar-refractivity contribution in [2.75, 3.05) is 13.6 Å². The van der Waals surface area contributed by atoms with E-state index in [0.29, 0.717) is 13.0 Å². The van der Waals surface area contributed by atoms with E-state index in [2.05, 4.69) is 5.32 Å². The first-order valence-corrected chi connectivity index (χ1v) is 3.09. The molecule has 3 nitrogen and oxygen atoms in total. The van der Waals surface area contributed by atoms with E-state index < -0.39 is 5.97 Å². The number of hydrogen-bond acceptors (Lipinski definition) is 2. The summed E-state index contributed by atoms with van der Waals surface area (Å²) in [5.41, 5.74) is 0. The van der Waals surface area contributed by atoms with Crippen LogP contribution >= 0.6 is 0 Å². The second kappa shape index (κ2) is 4.32. The van der Waals surface area contributed by atoms with Crippen LogP contribution in [0.2, 0.25) is 0 Å². The molecular formula is C6H13NO2. The normalized spacial score (nSPS) is 13.1. The maximum Gasteiger partial charge on any atom is 0.307 e. The average Bonchev–Trinajstić information content (AvgIpc) is 1.82. The molecule has 0 aromatic heterocycles. The number of carboxylic acids is 1. The van der Waals surface area contributed by atoms with E-state index in [0.717, 1.165) is 0 Å². The molecule has 0 aromatic rings. The second-order valence-corrected chi connectivity index (χ2v) is 2.00. The molecule has 0 fully saturated rings.